The van der Waals surface area contributed by atoms with Crippen LogP contribution in [0.25, 0.3) is 0 Å². The molecular weight excluding hydrogens is 248 g/mol. The predicted octanol–water partition coefficient (Wildman–Crippen LogP) is 2.00. The van der Waals surface area contributed by atoms with Crippen molar-refractivity contribution in [2.24, 2.45) is 17.1 Å². The lowest BCUT2D eigenvalue weighted by molar-refractivity contribution is -0.0827. The number of nitrogens with two attached hydrogens (primary N) is 1. The van der Waals surface area contributed by atoms with Crippen molar-refractivity contribution in [3.05, 3.63) is 35.9 Å². The van der Waals surface area contributed by atoms with Crippen molar-refractivity contribution >= 4 is 0 Å². The van der Waals surface area contributed by atoms with Crippen LogP contribution >= 0.6 is 0 Å². The number of benzene rings is 1. The summed E-state index contributed by atoms with van der Waals surface area (Å²) in [6.45, 7) is 4.10. The highest BCUT2D eigenvalue weighted by molar-refractivity contribution is 5.14. The maximum Gasteiger partial charge on any atom is 0.0552 e. The second-order valence-corrected chi connectivity index (χ2v) is 6.69. The first-order valence-corrected chi connectivity index (χ1v) is 7.86. The van der Waals surface area contributed by atoms with Gasteiger partial charge in [0.1, 0.15) is 0 Å². The van der Waals surface area contributed by atoms with Gasteiger partial charge in [-0.15, -0.1) is 0 Å². The Morgan fingerprint density at radius 2 is 2.00 bits per heavy atom. The van der Waals surface area contributed by atoms with Crippen LogP contribution in [-0.2, 0) is 6.54 Å². The summed E-state index contributed by atoms with van der Waals surface area (Å²) in [5.74, 6) is 0.661. The molecule has 3 rings (SSSR count). The van der Waals surface area contributed by atoms with Gasteiger partial charge < -0.3 is 10.8 Å². The highest BCUT2D eigenvalue weighted by Gasteiger charge is 2.48. The van der Waals surface area contributed by atoms with Gasteiger partial charge in [-0.25, -0.2) is 0 Å². The van der Waals surface area contributed by atoms with E-state index in [1.54, 1.807) is 0 Å². The lowest BCUT2D eigenvalue weighted by atomic mass is 9.58. The zero-order valence-corrected chi connectivity index (χ0v) is 12.2. The third-order valence-corrected chi connectivity index (χ3v) is 5.31. The van der Waals surface area contributed by atoms with Crippen LogP contribution in [0.1, 0.15) is 31.2 Å². The summed E-state index contributed by atoms with van der Waals surface area (Å²) in [4.78, 5) is 2.56. The third-order valence-electron chi connectivity index (χ3n) is 5.31. The molecule has 1 atom stereocenters. The number of hydrogen-bond acceptors (Lipinski definition) is 3. The zero-order chi connectivity index (χ0) is 14.0. The Balaban J connectivity index is 1.62. The van der Waals surface area contributed by atoms with Gasteiger partial charge in [0.2, 0.25) is 0 Å². The van der Waals surface area contributed by atoms with Crippen molar-refractivity contribution in [3.63, 3.8) is 0 Å². The van der Waals surface area contributed by atoms with Gasteiger partial charge in [0.25, 0.3) is 0 Å². The minimum Gasteiger partial charge on any atom is -0.393 e. The van der Waals surface area contributed by atoms with E-state index in [0.717, 1.165) is 32.5 Å². The molecule has 3 nitrogen and oxygen atoms in total. The van der Waals surface area contributed by atoms with Gasteiger partial charge in [-0.1, -0.05) is 30.3 Å². The Labute approximate surface area is 121 Å². The van der Waals surface area contributed by atoms with Crippen LogP contribution < -0.4 is 5.73 Å². The lowest BCUT2D eigenvalue weighted by Gasteiger charge is -2.53. The summed E-state index contributed by atoms with van der Waals surface area (Å²) in [5.41, 5.74) is 7.64. The largest absolute Gasteiger partial charge is 0.393 e. The highest BCUT2D eigenvalue weighted by Crippen LogP contribution is 2.49. The monoisotopic (exact) mass is 274 g/mol. The molecule has 0 amide bonds. The molecule has 110 valence electrons. The van der Waals surface area contributed by atoms with E-state index in [4.69, 9.17) is 5.73 Å². The maximum atomic E-state index is 9.68. The second-order valence-electron chi connectivity index (χ2n) is 6.69. The standard InChI is InChI=1S/C17H26N2O/c18-13-17(9-16(20)10-17)15-7-4-8-19(12-15)11-14-5-2-1-3-6-14/h1-3,5-6,15-16,20H,4,7-13,18H2. The fraction of sp³-hybridized carbons (Fsp3) is 0.647. The molecule has 2 fully saturated rings. The van der Waals surface area contributed by atoms with Crippen molar-refractivity contribution < 1.29 is 5.11 Å². The van der Waals surface area contributed by atoms with Crippen LogP contribution in [0.4, 0.5) is 0 Å². The zero-order valence-electron chi connectivity index (χ0n) is 12.2. The summed E-state index contributed by atoms with van der Waals surface area (Å²) >= 11 is 0. The summed E-state index contributed by atoms with van der Waals surface area (Å²) in [6.07, 6.45) is 4.24. The fourth-order valence-electron chi connectivity index (χ4n) is 4.09. The predicted molar refractivity (Wildman–Crippen MR) is 81.2 cm³/mol. The number of rotatable bonds is 4. The molecule has 1 saturated carbocycles. The van der Waals surface area contributed by atoms with Crippen LogP contribution in [-0.4, -0.2) is 35.7 Å². The first-order chi connectivity index (χ1) is 9.72. The molecule has 20 heavy (non-hydrogen) atoms. The highest BCUT2D eigenvalue weighted by atomic mass is 16.3. The maximum absolute atomic E-state index is 9.68. The Hall–Kier alpha value is -0.900. The molecule has 1 aliphatic heterocycles. The van der Waals surface area contributed by atoms with Gasteiger partial charge in [0.15, 0.2) is 0 Å². The second kappa shape index (κ2) is 5.84. The average Bonchev–Trinajstić information content (AvgIpc) is 2.45. The van der Waals surface area contributed by atoms with Crippen LogP contribution in [0.15, 0.2) is 30.3 Å². The molecule has 1 aliphatic carbocycles. The third kappa shape index (κ3) is 2.76. The smallest absolute Gasteiger partial charge is 0.0552 e. The van der Waals surface area contributed by atoms with Gasteiger partial charge in [-0.2, -0.15) is 0 Å². The number of likely N-dealkylation sites (tertiary alicyclic amines) is 1. The van der Waals surface area contributed by atoms with Crippen molar-refractivity contribution in [2.45, 2.75) is 38.3 Å². The molecule has 1 unspecified atom stereocenters. The summed E-state index contributed by atoms with van der Waals surface area (Å²) in [7, 11) is 0. The molecular formula is C17H26N2O. The van der Waals surface area contributed by atoms with Crippen molar-refractivity contribution in [1.82, 2.24) is 4.90 Å². The molecule has 1 saturated heterocycles. The quantitative estimate of drug-likeness (QED) is 0.883. The van der Waals surface area contributed by atoms with Crippen LogP contribution in [0, 0.1) is 11.3 Å². The fourth-order valence-corrected chi connectivity index (χ4v) is 4.09. The van der Waals surface area contributed by atoms with E-state index in [2.05, 4.69) is 35.2 Å². The number of aliphatic hydroxyl groups is 1. The number of nitrogens with zero attached hydrogens (tertiary/aromatic N) is 1. The van der Waals surface area contributed by atoms with Crippen molar-refractivity contribution in [2.75, 3.05) is 19.6 Å². The molecule has 1 aromatic carbocycles. The molecule has 0 bridgehead atoms. The minimum atomic E-state index is -0.108. The summed E-state index contributed by atoms with van der Waals surface area (Å²) in [6, 6.07) is 10.7. The molecule has 1 heterocycles. The number of aliphatic hydroxyl groups excluding tert-OH is 1. The van der Waals surface area contributed by atoms with Gasteiger partial charge >= 0.3 is 0 Å². The normalized spacial score (nSPS) is 34.7. The average molecular weight is 274 g/mol. The Bertz CT molecular complexity index is 428. The Morgan fingerprint density at radius 1 is 1.25 bits per heavy atom. The van der Waals surface area contributed by atoms with Crippen LogP contribution in [0.3, 0.4) is 0 Å². The van der Waals surface area contributed by atoms with Gasteiger partial charge in [0.05, 0.1) is 6.10 Å². The van der Waals surface area contributed by atoms with E-state index in [9.17, 15) is 5.11 Å². The van der Waals surface area contributed by atoms with Crippen molar-refractivity contribution in [3.8, 4) is 0 Å². The molecule has 1 aromatic rings. The Kier molecular flexibility index (Phi) is 4.11. The Morgan fingerprint density at radius 3 is 2.65 bits per heavy atom. The molecule has 0 radical (unpaired) electrons. The molecule has 2 aliphatic rings. The van der Waals surface area contributed by atoms with Crippen LogP contribution in [0.5, 0.6) is 0 Å². The molecule has 3 N–H and O–H groups in total. The number of hydrogen-bond donors (Lipinski definition) is 2. The van der Waals surface area contributed by atoms with E-state index in [1.165, 1.54) is 24.9 Å². The summed E-state index contributed by atoms with van der Waals surface area (Å²) in [5, 5.41) is 9.68. The minimum absolute atomic E-state index is 0.108. The van der Waals surface area contributed by atoms with Crippen molar-refractivity contribution in [1.29, 1.82) is 0 Å². The van der Waals surface area contributed by atoms with E-state index < -0.39 is 0 Å². The van der Waals surface area contributed by atoms with Crippen LogP contribution in [0.2, 0.25) is 0 Å². The molecule has 0 spiro atoms. The SMILES string of the molecule is NCC1(C2CCCN(Cc3ccccc3)C2)CC(O)C1. The van der Waals surface area contributed by atoms with Gasteiger partial charge in [-0.05, 0) is 55.7 Å². The van der Waals surface area contributed by atoms with E-state index >= 15 is 0 Å². The van der Waals surface area contributed by atoms with E-state index in [-0.39, 0.29) is 11.5 Å². The molecule has 3 heteroatoms. The first-order valence-electron chi connectivity index (χ1n) is 7.86. The van der Waals surface area contributed by atoms with E-state index in [0.29, 0.717) is 5.92 Å². The summed E-state index contributed by atoms with van der Waals surface area (Å²) < 4.78 is 0. The topological polar surface area (TPSA) is 49.5 Å². The van der Waals surface area contributed by atoms with Gasteiger partial charge in [0, 0.05) is 13.1 Å². The van der Waals surface area contributed by atoms with E-state index in [1.807, 2.05) is 0 Å². The lowest BCUT2D eigenvalue weighted by Crippen LogP contribution is -2.55. The molecule has 0 aromatic heterocycles. The number of piperidine rings is 1. The van der Waals surface area contributed by atoms with Gasteiger partial charge in [-0.3, -0.25) is 4.90 Å². The first kappa shape index (κ1) is 14.1.